The Morgan fingerprint density at radius 1 is 0.367 bits per heavy atom. The summed E-state index contributed by atoms with van der Waals surface area (Å²) in [6, 6.07) is 54.9. The smallest absolute Gasteiger partial charge is 0.164 e. The summed E-state index contributed by atoms with van der Waals surface area (Å²) in [5.74, 6) is 1.91. The Morgan fingerprint density at radius 3 is 1.71 bits per heavy atom. The molecule has 228 valence electrons. The summed E-state index contributed by atoms with van der Waals surface area (Å²) >= 11 is 0. The maximum absolute atomic E-state index is 5.13. The first-order valence-corrected chi connectivity index (χ1v) is 16.4. The molecule has 10 rings (SSSR count). The molecule has 0 saturated heterocycles. The van der Waals surface area contributed by atoms with Gasteiger partial charge in [-0.3, -0.25) is 4.98 Å². The van der Waals surface area contributed by atoms with Gasteiger partial charge in [-0.15, -0.1) is 0 Å². The molecule has 0 aliphatic rings. The Balaban J connectivity index is 1.14. The van der Waals surface area contributed by atoms with E-state index in [1.165, 1.54) is 21.8 Å². The maximum Gasteiger partial charge on any atom is 0.164 e. The first kappa shape index (κ1) is 27.4. The lowest BCUT2D eigenvalue weighted by Crippen LogP contribution is -2.01. The van der Waals surface area contributed by atoms with Gasteiger partial charge in [-0.25, -0.2) is 15.0 Å². The van der Waals surface area contributed by atoms with Gasteiger partial charge in [0.05, 0.1) is 16.6 Å². The maximum atomic E-state index is 5.13. The predicted molar refractivity (Wildman–Crippen MR) is 201 cm³/mol. The van der Waals surface area contributed by atoms with Crippen LogP contribution in [0.25, 0.3) is 94.1 Å². The number of para-hydroxylation sites is 2. The number of fused-ring (bicyclic) bond motifs is 8. The van der Waals surface area contributed by atoms with Crippen LogP contribution in [0.1, 0.15) is 0 Å². The lowest BCUT2D eigenvalue weighted by molar-refractivity contribution is 1.07. The highest BCUT2D eigenvalue weighted by molar-refractivity contribution is 6.18. The Hall–Kier alpha value is -6.72. The van der Waals surface area contributed by atoms with Crippen molar-refractivity contribution < 1.29 is 0 Å². The van der Waals surface area contributed by atoms with Crippen LogP contribution in [0.2, 0.25) is 0 Å². The van der Waals surface area contributed by atoms with Crippen LogP contribution in [0.5, 0.6) is 0 Å². The van der Waals surface area contributed by atoms with Crippen LogP contribution in [-0.4, -0.2) is 24.5 Å². The largest absolute Gasteiger partial charge is 0.309 e. The predicted octanol–water partition coefficient (Wildman–Crippen LogP) is 10.8. The normalized spacial score (nSPS) is 11.7. The van der Waals surface area contributed by atoms with E-state index in [1.807, 2.05) is 42.6 Å². The van der Waals surface area contributed by atoms with E-state index in [2.05, 4.69) is 126 Å². The van der Waals surface area contributed by atoms with E-state index in [9.17, 15) is 0 Å². The van der Waals surface area contributed by atoms with E-state index in [4.69, 9.17) is 19.9 Å². The van der Waals surface area contributed by atoms with E-state index in [0.717, 1.165) is 54.8 Å². The third-order valence-electron chi connectivity index (χ3n) is 9.50. The van der Waals surface area contributed by atoms with Crippen molar-refractivity contribution in [2.75, 3.05) is 0 Å². The van der Waals surface area contributed by atoms with Crippen molar-refractivity contribution in [1.29, 1.82) is 0 Å². The molecule has 10 aromatic rings. The van der Waals surface area contributed by atoms with Gasteiger partial charge >= 0.3 is 0 Å². The third-order valence-corrected chi connectivity index (χ3v) is 9.50. The first-order valence-electron chi connectivity index (χ1n) is 16.4. The summed E-state index contributed by atoms with van der Waals surface area (Å²) in [5, 5.41) is 8.12. The van der Waals surface area contributed by atoms with Crippen LogP contribution < -0.4 is 0 Å². The molecule has 0 aliphatic heterocycles. The molecule has 49 heavy (non-hydrogen) atoms. The quantitative estimate of drug-likeness (QED) is 0.183. The Labute approximate surface area is 281 Å². The minimum atomic E-state index is 0.630. The molecule has 0 spiro atoms. The van der Waals surface area contributed by atoms with Crippen LogP contribution in [0.4, 0.5) is 0 Å². The zero-order chi connectivity index (χ0) is 32.3. The molecule has 0 amide bonds. The van der Waals surface area contributed by atoms with Crippen molar-refractivity contribution >= 4 is 54.3 Å². The summed E-state index contributed by atoms with van der Waals surface area (Å²) in [5.41, 5.74) is 7.27. The molecule has 0 fully saturated rings. The lowest BCUT2D eigenvalue weighted by atomic mass is 9.96. The average molecular weight is 626 g/mol. The van der Waals surface area contributed by atoms with Gasteiger partial charge in [0.1, 0.15) is 0 Å². The summed E-state index contributed by atoms with van der Waals surface area (Å²) in [6.45, 7) is 0. The number of benzene rings is 7. The van der Waals surface area contributed by atoms with Gasteiger partial charge in [-0.1, -0.05) is 115 Å². The summed E-state index contributed by atoms with van der Waals surface area (Å²) in [4.78, 5) is 19.9. The fraction of sp³-hybridized carbons (Fsp3) is 0. The lowest BCUT2D eigenvalue weighted by Gasteiger charge is -2.13. The highest BCUT2D eigenvalue weighted by Gasteiger charge is 2.17. The highest BCUT2D eigenvalue weighted by Crippen LogP contribution is 2.36. The molecule has 3 aromatic heterocycles. The summed E-state index contributed by atoms with van der Waals surface area (Å²) in [7, 11) is 0. The monoisotopic (exact) mass is 625 g/mol. The minimum absolute atomic E-state index is 0.630. The zero-order valence-electron chi connectivity index (χ0n) is 26.3. The number of rotatable bonds is 4. The summed E-state index contributed by atoms with van der Waals surface area (Å²) < 4.78 is 2.32. The van der Waals surface area contributed by atoms with Crippen molar-refractivity contribution in [2.45, 2.75) is 0 Å². The molecule has 0 bridgehead atoms. The van der Waals surface area contributed by atoms with E-state index in [0.29, 0.717) is 17.5 Å². The van der Waals surface area contributed by atoms with Crippen LogP contribution in [0.15, 0.2) is 164 Å². The SMILES string of the molecule is c1ccc(-c2nc(-c3ccc(-n4c5ccccc5c5ccccc54)cc3)nc(-c3cccc4c3ccc3c4ccc4cccnc43)n2)cc1. The Kier molecular flexibility index (Phi) is 6.11. The molecule has 7 aromatic carbocycles. The standard InChI is InChI=1S/C44H27N5/c1-2-10-29(11-3-1)42-46-43(30-19-22-31(23-20-30)49-39-17-6-4-13-35(39)36-14-5-7-18-40(36)49)48-44(47-42)38-16-8-15-32-33-24-21-28-12-9-27-45-41(28)37(33)26-25-34(32)38/h1-27H. The fourth-order valence-electron chi connectivity index (χ4n) is 7.21. The molecular weight excluding hydrogens is 599 g/mol. The number of aromatic nitrogens is 5. The van der Waals surface area contributed by atoms with Gasteiger partial charge in [-0.2, -0.15) is 0 Å². The Morgan fingerprint density at radius 2 is 0.959 bits per heavy atom. The second-order valence-electron chi connectivity index (χ2n) is 12.3. The van der Waals surface area contributed by atoms with Gasteiger partial charge in [-0.05, 0) is 58.6 Å². The molecule has 0 saturated carbocycles. The number of pyridine rings is 1. The van der Waals surface area contributed by atoms with Gasteiger partial charge in [0.25, 0.3) is 0 Å². The molecule has 5 heteroatoms. The Bertz CT molecular complexity index is 2820. The third kappa shape index (κ3) is 4.40. The summed E-state index contributed by atoms with van der Waals surface area (Å²) in [6.07, 6.45) is 1.86. The number of hydrogen-bond acceptors (Lipinski definition) is 4. The van der Waals surface area contributed by atoms with Crippen LogP contribution in [0.3, 0.4) is 0 Å². The van der Waals surface area contributed by atoms with Crippen molar-refractivity contribution in [3.8, 4) is 39.9 Å². The van der Waals surface area contributed by atoms with Crippen LogP contribution >= 0.6 is 0 Å². The van der Waals surface area contributed by atoms with Gasteiger partial charge in [0, 0.05) is 50.1 Å². The van der Waals surface area contributed by atoms with E-state index in [1.54, 1.807) is 0 Å². The molecule has 0 N–H and O–H groups in total. The van der Waals surface area contributed by atoms with Gasteiger partial charge < -0.3 is 4.57 Å². The molecule has 3 heterocycles. The minimum Gasteiger partial charge on any atom is -0.309 e. The van der Waals surface area contributed by atoms with Crippen molar-refractivity contribution in [3.05, 3.63) is 164 Å². The van der Waals surface area contributed by atoms with Crippen LogP contribution in [-0.2, 0) is 0 Å². The van der Waals surface area contributed by atoms with Crippen molar-refractivity contribution in [2.24, 2.45) is 0 Å². The van der Waals surface area contributed by atoms with Crippen molar-refractivity contribution in [1.82, 2.24) is 24.5 Å². The topological polar surface area (TPSA) is 56.5 Å². The molecular formula is C44H27N5. The molecule has 0 aliphatic carbocycles. The average Bonchev–Trinajstić information content (AvgIpc) is 3.52. The van der Waals surface area contributed by atoms with Crippen LogP contribution in [0, 0.1) is 0 Å². The highest BCUT2D eigenvalue weighted by atomic mass is 15.0. The number of hydrogen-bond donors (Lipinski definition) is 0. The van der Waals surface area contributed by atoms with E-state index >= 15 is 0 Å². The fourth-order valence-corrected chi connectivity index (χ4v) is 7.21. The van der Waals surface area contributed by atoms with Crippen molar-refractivity contribution in [3.63, 3.8) is 0 Å². The molecule has 0 radical (unpaired) electrons. The second-order valence-corrected chi connectivity index (χ2v) is 12.3. The van der Waals surface area contributed by atoms with E-state index < -0.39 is 0 Å². The molecule has 5 nitrogen and oxygen atoms in total. The molecule has 0 unspecified atom stereocenters. The van der Waals surface area contributed by atoms with Gasteiger partial charge in [0.15, 0.2) is 17.5 Å². The molecule has 0 atom stereocenters. The van der Waals surface area contributed by atoms with E-state index in [-0.39, 0.29) is 0 Å². The second kappa shape index (κ2) is 10.9. The first-order chi connectivity index (χ1) is 24.3. The zero-order valence-corrected chi connectivity index (χ0v) is 26.3. The van der Waals surface area contributed by atoms with Gasteiger partial charge in [0.2, 0.25) is 0 Å². The number of nitrogens with zero attached hydrogens (tertiary/aromatic N) is 5.